The van der Waals surface area contributed by atoms with Gasteiger partial charge in [-0.1, -0.05) is 24.3 Å². The number of aliphatic imine (C=N–C) groups is 1. The summed E-state index contributed by atoms with van der Waals surface area (Å²) < 4.78 is 14.0. The summed E-state index contributed by atoms with van der Waals surface area (Å²) in [5.74, 6) is 0.987. The molecule has 2 aliphatic rings. The minimum Gasteiger partial charge on any atom is -0.356 e. The molecule has 31 heavy (non-hydrogen) atoms. The molecule has 1 atom stereocenters. The number of hydrogen-bond acceptors (Lipinski definition) is 4. The van der Waals surface area contributed by atoms with Crippen LogP contribution in [0.2, 0.25) is 0 Å². The molecule has 1 fully saturated rings. The van der Waals surface area contributed by atoms with Gasteiger partial charge in [0.15, 0.2) is 17.6 Å². The standard InChI is InChI=1S/C23H31FN6.HI/c1-25-23(28-20-10-15-30(17-20)22-21(24)8-4-11-26-22)27-12-5-13-29-14-9-18-6-2-3-7-19(18)16-29;/h2-4,6-8,11,20H,5,9-10,12-17H2,1H3,(H2,25,27,28);1H. The van der Waals surface area contributed by atoms with E-state index in [-0.39, 0.29) is 35.8 Å². The first-order valence-corrected chi connectivity index (χ1v) is 10.8. The lowest BCUT2D eigenvalue weighted by Gasteiger charge is -2.28. The Kier molecular flexibility index (Phi) is 8.89. The molecule has 2 aromatic rings. The molecule has 6 nitrogen and oxygen atoms in total. The second kappa shape index (κ2) is 11.6. The van der Waals surface area contributed by atoms with Gasteiger partial charge in [0.2, 0.25) is 0 Å². The summed E-state index contributed by atoms with van der Waals surface area (Å²) in [6.07, 6.45) is 4.78. The lowest BCUT2D eigenvalue weighted by atomic mass is 10.00. The molecule has 3 heterocycles. The average Bonchev–Trinajstić information content (AvgIpc) is 3.24. The van der Waals surface area contributed by atoms with Gasteiger partial charge in [-0.2, -0.15) is 0 Å². The van der Waals surface area contributed by atoms with E-state index in [2.05, 4.69) is 49.8 Å². The zero-order valence-electron chi connectivity index (χ0n) is 18.1. The fraction of sp³-hybridized carbons (Fsp3) is 0.478. The molecule has 0 aliphatic carbocycles. The van der Waals surface area contributed by atoms with Crippen molar-refractivity contribution in [1.82, 2.24) is 20.5 Å². The topological polar surface area (TPSA) is 55.8 Å². The van der Waals surface area contributed by atoms with Crippen LogP contribution in [0.1, 0.15) is 24.0 Å². The maximum atomic E-state index is 14.0. The summed E-state index contributed by atoms with van der Waals surface area (Å²) in [4.78, 5) is 13.1. The van der Waals surface area contributed by atoms with Crippen LogP contribution >= 0.6 is 24.0 Å². The number of fused-ring (bicyclic) bond motifs is 1. The van der Waals surface area contributed by atoms with Gasteiger partial charge in [0.05, 0.1) is 0 Å². The van der Waals surface area contributed by atoms with Gasteiger partial charge >= 0.3 is 0 Å². The largest absolute Gasteiger partial charge is 0.356 e. The number of anilines is 1. The van der Waals surface area contributed by atoms with Gasteiger partial charge in [-0.25, -0.2) is 9.37 Å². The van der Waals surface area contributed by atoms with Gasteiger partial charge in [-0.05, 0) is 42.5 Å². The quantitative estimate of drug-likeness (QED) is 0.257. The lowest BCUT2D eigenvalue weighted by Crippen LogP contribution is -2.45. The van der Waals surface area contributed by atoms with Gasteiger partial charge in [0.1, 0.15) is 0 Å². The van der Waals surface area contributed by atoms with E-state index in [0.29, 0.717) is 5.82 Å². The molecule has 1 aromatic carbocycles. The number of benzene rings is 1. The third-order valence-electron chi connectivity index (χ3n) is 5.94. The van der Waals surface area contributed by atoms with Gasteiger partial charge < -0.3 is 15.5 Å². The number of nitrogens with zero attached hydrogens (tertiary/aromatic N) is 4. The summed E-state index contributed by atoms with van der Waals surface area (Å²) >= 11 is 0. The van der Waals surface area contributed by atoms with Crippen LogP contribution in [0.15, 0.2) is 47.6 Å². The second-order valence-electron chi connectivity index (χ2n) is 8.03. The molecule has 4 rings (SSSR count). The van der Waals surface area contributed by atoms with Crippen molar-refractivity contribution in [3.8, 4) is 0 Å². The van der Waals surface area contributed by atoms with Crippen LogP contribution in [0.25, 0.3) is 0 Å². The highest BCUT2D eigenvalue weighted by atomic mass is 127. The van der Waals surface area contributed by atoms with E-state index in [4.69, 9.17) is 0 Å². The summed E-state index contributed by atoms with van der Waals surface area (Å²) in [5.41, 5.74) is 2.96. The minimum atomic E-state index is -0.263. The Morgan fingerprint density at radius 3 is 2.84 bits per heavy atom. The molecular weight excluding hydrogens is 506 g/mol. The zero-order valence-corrected chi connectivity index (χ0v) is 20.4. The highest BCUT2D eigenvalue weighted by Crippen LogP contribution is 2.21. The summed E-state index contributed by atoms with van der Waals surface area (Å²) in [6, 6.07) is 12.1. The van der Waals surface area contributed by atoms with Crippen LogP contribution in [0.5, 0.6) is 0 Å². The first-order chi connectivity index (χ1) is 14.7. The Labute approximate surface area is 201 Å². The number of nitrogens with one attached hydrogen (secondary N) is 2. The highest BCUT2D eigenvalue weighted by molar-refractivity contribution is 14.0. The Hall–Kier alpha value is -1.94. The summed E-state index contributed by atoms with van der Waals surface area (Å²) in [6.45, 7) is 5.65. The van der Waals surface area contributed by atoms with Crippen molar-refractivity contribution in [2.45, 2.75) is 31.8 Å². The number of halogens is 2. The smallest absolute Gasteiger partial charge is 0.191 e. The number of pyridine rings is 1. The first-order valence-electron chi connectivity index (χ1n) is 10.8. The number of guanidine groups is 1. The number of hydrogen-bond donors (Lipinski definition) is 2. The molecule has 8 heteroatoms. The maximum Gasteiger partial charge on any atom is 0.191 e. The zero-order chi connectivity index (χ0) is 20.8. The fourth-order valence-electron chi connectivity index (χ4n) is 4.32. The van der Waals surface area contributed by atoms with E-state index in [9.17, 15) is 4.39 Å². The van der Waals surface area contributed by atoms with Gasteiger partial charge in [-0.3, -0.25) is 9.89 Å². The predicted molar refractivity (Wildman–Crippen MR) is 135 cm³/mol. The molecule has 0 spiro atoms. The van der Waals surface area contributed by atoms with Gasteiger partial charge in [-0.15, -0.1) is 24.0 Å². The molecule has 0 radical (unpaired) electrons. The monoisotopic (exact) mass is 538 g/mol. The molecule has 0 bridgehead atoms. The van der Waals surface area contributed by atoms with Crippen molar-refractivity contribution in [2.75, 3.05) is 44.7 Å². The SMILES string of the molecule is CN=C(NCCCN1CCc2ccccc2C1)NC1CCN(c2ncccc2F)C1.I. The van der Waals surface area contributed by atoms with Gasteiger partial charge in [0.25, 0.3) is 0 Å². The molecule has 1 aromatic heterocycles. The van der Waals surface area contributed by atoms with Crippen LogP contribution in [0.3, 0.4) is 0 Å². The lowest BCUT2D eigenvalue weighted by molar-refractivity contribution is 0.251. The highest BCUT2D eigenvalue weighted by Gasteiger charge is 2.26. The van der Waals surface area contributed by atoms with Crippen LogP contribution in [-0.2, 0) is 13.0 Å². The molecule has 168 valence electrons. The minimum absolute atomic E-state index is 0. The van der Waals surface area contributed by atoms with Crippen LogP contribution in [0.4, 0.5) is 10.2 Å². The molecule has 2 aliphatic heterocycles. The Bertz CT molecular complexity index is 877. The summed E-state index contributed by atoms with van der Waals surface area (Å²) in [5, 5.41) is 6.89. The predicted octanol–water partition coefficient (Wildman–Crippen LogP) is 3.03. The van der Waals surface area contributed by atoms with Gasteiger partial charge in [0, 0.05) is 58.6 Å². The third kappa shape index (κ3) is 6.29. The Balaban J connectivity index is 0.00000272. The van der Waals surface area contributed by atoms with Crippen LogP contribution in [-0.4, -0.2) is 61.7 Å². The Morgan fingerprint density at radius 1 is 1.19 bits per heavy atom. The van der Waals surface area contributed by atoms with E-state index in [1.165, 1.54) is 17.2 Å². The molecule has 2 N–H and O–H groups in total. The Morgan fingerprint density at radius 2 is 2.03 bits per heavy atom. The van der Waals surface area contributed by atoms with Crippen molar-refractivity contribution in [2.24, 2.45) is 4.99 Å². The maximum absolute atomic E-state index is 14.0. The average molecular weight is 538 g/mol. The summed E-state index contributed by atoms with van der Waals surface area (Å²) in [7, 11) is 1.79. The fourth-order valence-corrected chi connectivity index (χ4v) is 4.32. The van der Waals surface area contributed by atoms with Crippen molar-refractivity contribution < 1.29 is 4.39 Å². The van der Waals surface area contributed by atoms with Crippen LogP contribution < -0.4 is 15.5 Å². The molecule has 1 unspecified atom stereocenters. The van der Waals surface area contributed by atoms with Crippen molar-refractivity contribution in [1.29, 1.82) is 0 Å². The molecular formula is C23H32FIN6. The van der Waals surface area contributed by atoms with Crippen LogP contribution in [0, 0.1) is 5.82 Å². The van der Waals surface area contributed by atoms with Crippen molar-refractivity contribution in [3.05, 3.63) is 59.5 Å². The second-order valence-corrected chi connectivity index (χ2v) is 8.03. The molecule has 0 amide bonds. The van der Waals surface area contributed by atoms with E-state index < -0.39 is 0 Å². The third-order valence-corrected chi connectivity index (χ3v) is 5.94. The molecule has 1 saturated heterocycles. The van der Waals surface area contributed by atoms with E-state index in [1.807, 2.05) is 4.90 Å². The van der Waals surface area contributed by atoms with E-state index in [1.54, 1.807) is 19.3 Å². The van der Waals surface area contributed by atoms with Crippen molar-refractivity contribution >= 4 is 35.8 Å². The van der Waals surface area contributed by atoms with E-state index >= 15 is 0 Å². The normalized spacial score (nSPS) is 19.0. The van der Waals surface area contributed by atoms with E-state index in [0.717, 1.165) is 64.5 Å². The number of rotatable bonds is 6. The number of aromatic nitrogens is 1. The molecule has 0 saturated carbocycles. The van der Waals surface area contributed by atoms with Crippen molar-refractivity contribution in [3.63, 3.8) is 0 Å². The first kappa shape index (κ1) is 23.7.